The highest BCUT2D eigenvalue weighted by Gasteiger charge is 2.31. The summed E-state index contributed by atoms with van der Waals surface area (Å²) in [6.07, 6.45) is 1.36. The van der Waals surface area contributed by atoms with Crippen LogP contribution in [0.4, 0.5) is 5.69 Å². The minimum atomic E-state index is -0.887. The van der Waals surface area contributed by atoms with Crippen LogP contribution in [0.15, 0.2) is 24.3 Å². The van der Waals surface area contributed by atoms with Gasteiger partial charge >= 0.3 is 5.97 Å². The monoisotopic (exact) mass is 355 g/mol. The molecule has 1 aromatic rings. The number of likely N-dealkylation sites (tertiary alicyclic amines) is 1. The molecule has 0 radical (unpaired) electrons. The fourth-order valence-corrected chi connectivity index (χ4v) is 2.63. The normalized spacial score (nSPS) is 17.0. The summed E-state index contributed by atoms with van der Waals surface area (Å²) >= 11 is 0. The van der Waals surface area contributed by atoms with E-state index in [1.54, 1.807) is 43.3 Å². The highest BCUT2D eigenvalue weighted by atomic mass is 35.5. The molecule has 1 unspecified atom stereocenters. The predicted octanol–water partition coefficient (Wildman–Crippen LogP) is 1.30. The maximum atomic E-state index is 12.0. The molecule has 0 aromatic heterocycles. The number of carbonyl (C=O) groups excluding carboxylic acids is 2. The molecule has 0 bridgehead atoms. The number of anilines is 1. The van der Waals surface area contributed by atoms with Crippen molar-refractivity contribution in [1.82, 2.24) is 9.80 Å². The summed E-state index contributed by atoms with van der Waals surface area (Å²) in [5.74, 6) is -1.25. The molecule has 0 aliphatic carbocycles. The molecule has 2 rings (SSSR count). The molecule has 1 fully saturated rings. The van der Waals surface area contributed by atoms with Crippen LogP contribution >= 0.6 is 12.4 Å². The Morgan fingerprint density at radius 1 is 1.25 bits per heavy atom. The number of rotatable bonds is 5. The van der Waals surface area contributed by atoms with Gasteiger partial charge in [0.05, 0.1) is 6.54 Å². The number of carbonyl (C=O) groups is 3. The third kappa shape index (κ3) is 4.94. The third-order valence-electron chi connectivity index (χ3n) is 3.82. The Labute approximate surface area is 147 Å². The first kappa shape index (κ1) is 19.9. The number of carboxylic acids is 1. The maximum absolute atomic E-state index is 12.0. The van der Waals surface area contributed by atoms with Gasteiger partial charge in [-0.3, -0.25) is 19.3 Å². The number of hydrogen-bond donors (Lipinski definition) is 2. The average molecular weight is 356 g/mol. The van der Waals surface area contributed by atoms with Crippen LogP contribution in [-0.2, 0) is 9.59 Å². The van der Waals surface area contributed by atoms with Crippen molar-refractivity contribution in [2.24, 2.45) is 0 Å². The van der Waals surface area contributed by atoms with Crippen LogP contribution in [0.2, 0.25) is 0 Å². The zero-order valence-electron chi connectivity index (χ0n) is 13.7. The van der Waals surface area contributed by atoms with Crippen LogP contribution in [0.25, 0.3) is 0 Å². The number of carboxylic acid groups (broad SMARTS) is 1. The summed E-state index contributed by atoms with van der Waals surface area (Å²) in [4.78, 5) is 38.1. The molecule has 0 saturated carbocycles. The SMILES string of the molecule is CN(C)C(=O)c1ccc(NC(=O)CN2CCCC2C(=O)O)cc1.Cl. The maximum Gasteiger partial charge on any atom is 0.320 e. The van der Waals surface area contributed by atoms with Crippen LogP contribution in [0, 0.1) is 0 Å². The van der Waals surface area contributed by atoms with E-state index in [4.69, 9.17) is 5.11 Å². The van der Waals surface area contributed by atoms with E-state index in [9.17, 15) is 14.4 Å². The van der Waals surface area contributed by atoms with E-state index in [-0.39, 0.29) is 30.8 Å². The highest BCUT2D eigenvalue weighted by molar-refractivity contribution is 5.96. The van der Waals surface area contributed by atoms with E-state index in [2.05, 4.69) is 5.32 Å². The van der Waals surface area contributed by atoms with Crippen LogP contribution in [0.5, 0.6) is 0 Å². The van der Waals surface area contributed by atoms with Crippen LogP contribution in [0.3, 0.4) is 0 Å². The molecule has 1 heterocycles. The zero-order valence-corrected chi connectivity index (χ0v) is 14.5. The Morgan fingerprint density at radius 2 is 1.88 bits per heavy atom. The zero-order chi connectivity index (χ0) is 17.0. The number of nitrogens with zero attached hydrogens (tertiary/aromatic N) is 2. The number of halogens is 1. The van der Waals surface area contributed by atoms with Gasteiger partial charge in [0, 0.05) is 25.3 Å². The standard InChI is InChI=1S/C16H21N3O4.ClH/c1-18(2)15(21)11-5-7-12(8-6-11)17-14(20)10-19-9-3-4-13(19)16(22)23;/h5-8,13H,3-4,9-10H2,1-2H3,(H,17,20)(H,22,23);1H. The number of nitrogens with one attached hydrogen (secondary N) is 1. The lowest BCUT2D eigenvalue weighted by atomic mass is 10.2. The van der Waals surface area contributed by atoms with E-state index >= 15 is 0 Å². The summed E-state index contributed by atoms with van der Waals surface area (Å²) < 4.78 is 0. The Balaban J connectivity index is 0.00000288. The van der Waals surface area contributed by atoms with E-state index in [1.165, 1.54) is 4.90 Å². The number of aliphatic carboxylic acids is 1. The second kappa shape index (κ2) is 8.65. The van der Waals surface area contributed by atoms with E-state index in [0.29, 0.717) is 24.2 Å². The molecule has 2 amide bonds. The third-order valence-corrected chi connectivity index (χ3v) is 3.82. The van der Waals surface area contributed by atoms with Crippen molar-refractivity contribution in [3.05, 3.63) is 29.8 Å². The predicted molar refractivity (Wildman–Crippen MR) is 92.6 cm³/mol. The summed E-state index contributed by atoms with van der Waals surface area (Å²) in [5, 5.41) is 11.8. The molecule has 1 saturated heterocycles. The molecule has 8 heteroatoms. The van der Waals surface area contributed by atoms with Crippen molar-refractivity contribution in [3.8, 4) is 0 Å². The average Bonchev–Trinajstić information content (AvgIpc) is 2.95. The van der Waals surface area contributed by atoms with Gasteiger partial charge in [-0.2, -0.15) is 0 Å². The van der Waals surface area contributed by atoms with Crippen molar-refractivity contribution >= 4 is 35.9 Å². The van der Waals surface area contributed by atoms with Gasteiger partial charge in [-0.1, -0.05) is 0 Å². The Kier molecular flexibility index (Phi) is 7.18. The van der Waals surface area contributed by atoms with Crippen molar-refractivity contribution in [2.45, 2.75) is 18.9 Å². The van der Waals surface area contributed by atoms with Crippen molar-refractivity contribution < 1.29 is 19.5 Å². The number of hydrogen-bond acceptors (Lipinski definition) is 4. The summed E-state index contributed by atoms with van der Waals surface area (Å²) in [7, 11) is 3.35. The molecule has 132 valence electrons. The van der Waals surface area contributed by atoms with Crippen LogP contribution < -0.4 is 5.32 Å². The molecule has 1 aliphatic rings. The van der Waals surface area contributed by atoms with Crippen LogP contribution in [-0.4, -0.2) is 65.9 Å². The summed E-state index contributed by atoms with van der Waals surface area (Å²) in [5.41, 5.74) is 1.12. The largest absolute Gasteiger partial charge is 0.480 e. The first-order chi connectivity index (χ1) is 10.9. The second-order valence-corrected chi connectivity index (χ2v) is 5.79. The lowest BCUT2D eigenvalue weighted by molar-refractivity contribution is -0.142. The fraction of sp³-hybridized carbons (Fsp3) is 0.438. The minimum absolute atomic E-state index is 0. The van der Waals surface area contributed by atoms with Gasteiger partial charge in [0.2, 0.25) is 5.91 Å². The summed E-state index contributed by atoms with van der Waals surface area (Å²) in [6.45, 7) is 0.663. The Bertz CT molecular complexity index is 604. The summed E-state index contributed by atoms with van der Waals surface area (Å²) in [6, 6.07) is 6.03. The fourth-order valence-electron chi connectivity index (χ4n) is 2.63. The van der Waals surface area contributed by atoms with Crippen molar-refractivity contribution in [3.63, 3.8) is 0 Å². The molecule has 24 heavy (non-hydrogen) atoms. The van der Waals surface area contributed by atoms with Crippen molar-refractivity contribution in [2.75, 3.05) is 32.5 Å². The van der Waals surface area contributed by atoms with Gasteiger partial charge in [0.25, 0.3) is 5.91 Å². The first-order valence-electron chi connectivity index (χ1n) is 7.47. The lowest BCUT2D eigenvalue weighted by Gasteiger charge is -2.20. The van der Waals surface area contributed by atoms with Crippen molar-refractivity contribution in [1.29, 1.82) is 0 Å². The van der Waals surface area contributed by atoms with E-state index in [1.807, 2.05) is 0 Å². The second-order valence-electron chi connectivity index (χ2n) is 5.79. The molecule has 7 nitrogen and oxygen atoms in total. The quantitative estimate of drug-likeness (QED) is 0.830. The topological polar surface area (TPSA) is 90.0 Å². The highest BCUT2D eigenvalue weighted by Crippen LogP contribution is 2.17. The van der Waals surface area contributed by atoms with E-state index < -0.39 is 12.0 Å². The molecule has 1 atom stereocenters. The molecule has 1 aliphatic heterocycles. The first-order valence-corrected chi connectivity index (χ1v) is 7.47. The van der Waals surface area contributed by atoms with Gasteiger partial charge < -0.3 is 15.3 Å². The smallest absolute Gasteiger partial charge is 0.320 e. The van der Waals surface area contributed by atoms with Gasteiger partial charge in [0.1, 0.15) is 6.04 Å². The van der Waals surface area contributed by atoms with Gasteiger partial charge in [0.15, 0.2) is 0 Å². The Morgan fingerprint density at radius 3 is 2.42 bits per heavy atom. The molecule has 1 aromatic carbocycles. The van der Waals surface area contributed by atoms with Gasteiger partial charge in [-0.25, -0.2) is 0 Å². The van der Waals surface area contributed by atoms with Gasteiger partial charge in [-0.15, -0.1) is 12.4 Å². The molecular formula is C16H22ClN3O4. The van der Waals surface area contributed by atoms with E-state index in [0.717, 1.165) is 6.42 Å². The van der Waals surface area contributed by atoms with Gasteiger partial charge in [-0.05, 0) is 43.7 Å². The minimum Gasteiger partial charge on any atom is -0.480 e. The molecular weight excluding hydrogens is 334 g/mol. The number of benzene rings is 1. The molecule has 0 spiro atoms. The molecule has 2 N–H and O–H groups in total. The lowest BCUT2D eigenvalue weighted by Crippen LogP contribution is -2.40. The number of amides is 2. The Hall–Kier alpha value is -2.12. The van der Waals surface area contributed by atoms with Crippen LogP contribution in [0.1, 0.15) is 23.2 Å².